The summed E-state index contributed by atoms with van der Waals surface area (Å²) in [6.07, 6.45) is -3.94. The molecule has 1 aromatic carbocycles. The van der Waals surface area contributed by atoms with Crippen molar-refractivity contribution in [1.29, 1.82) is 0 Å². The molecule has 0 spiro atoms. The van der Waals surface area contributed by atoms with Crippen molar-refractivity contribution < 1.29 is 27.5 Å². The summed E-state index contributed by atoms with van der Waals surface area (Å²) in [5.74, 6) is 0.147. The van der Waals surface area contributed by atoms with Gasteiger partial charge in [0.1, 0.15) is 11.5 Å². The minimum Gasteiger partial charge on any atom is -0.508 e. The number of benzene rings is 1. The van der Waals surface area contributed by atoms with Gasteiger partial charge in [-0.15, -0.1) is 0 Å². The quantitative estimate of drug-likeness (QED) is 0.672. The Hall–Kier alpha value is -3.23. The number of hydrogen-bond donors (Lipinski definition) is 2. The van der Waals surface area contributed by atoms with Gasteiger partial charge < -0.3 is 14.8 Å². The molecule has 0 fully saturated rings. The number of phenols is 1. The third-order valence-corrected chi connectivity index (χ3v) is 4.10. The maximum Gasteiger partial charge on any atom is 0.435 e. The maximum absolute atomic E-state index is 12.7. The highest BCUT2D eigenvalue weighted by Crippen LogP contribution is 2.28. The topological polar surface area (TPSA) is 80.3 Å². The van der Waals surface area contributed by atoms with Gasteiger partial charge in [0.05, 0.1) is 6.54 Å². The van der Waals surface area contributed by atoms with Crippen LogP contribution in [0, 0.1) is 6.92 Å². The summed E-state index contributed by atoms with van der Waals surface area (Å²) in [5.41, 5.74) is 0.320. The summed E-state index contributed by atoms with van der Waals surface area (Å²) in [7, 11) is 0. The minimum absolute atomic E-state index is 0.0112. The van der Waals surface area contributed by atoms with Crippen LogP contribution in [0.25, 0.3) is 0 Å². The van der Waals surface area contributed by atoms with Gasteiger partial charge in [0.25, 0.3) is 5.91 Å². The Morgan fingerprint density at radius 1 is 1.21 bits per heavy atom. The lowest BCUT2D eigenvalue weighted by Gasteiger charge is -2.04. The van der Waals surface area contributed by atoms with E-state index in [1.54, 1.807) is 24.3 Å². The molecule has 3 aromatic rings. The normalized spacial score (nSPS) is 11.6. The molecule has 9 heteroatoms. The molecule has 0 saturated heterocycles. The van der Waals surface area contributed by atoms with Gasteiger partial charge in [-0.25, -0.2) is 0 Å². The van der Waals surface area contributed by atoms with E-state index < -0.39 is 17.8 Å². The monoisotopic (exact) mass is 393 g/mol. The van der Waals surface area contributed by atoms with E-state index in [1.807, 2.05) is 0 Å². The highest BCUT2D eigenvalue weighted by molar-refractivity contribution is 5.91. The Kier molecular flexibility index (Phi) is 5.43. The van der Waals surface area contributed by atoms with E-state index in [9.17, 15) is 23.1 Å². The largest absolute Gasteiger partial charge is 0.508 e. The Balaban J connectivity index is 1.57. The molecule has 0 aliphatic carbocycles. The number of aryl methyl sites for hydroxylation is 1. The van der Waals surface area contributed by atoms with Gasteiger partial charge in [-0.1, -0.05) is 12.1 Å². The Morgan fingerprint density at radius 3 is 2.57 bits per heavy atom. The number of aromatic nitrogens is 2. The van der Waals surface area contributed by atoms with Gasteiger partial charge in [-0.05, 0) is 49.2 Å². The van der Waals surface area contributed by atoms with Crippen LogP contribution in [0.15, 0.2) is 46.9 Å². The second-order valence-electron chi connectivity index (χ2n) is 6.26. The number of nitrogens with one attached hydrogen (secondary N) is 1. The van der Waals surface area contributed by atoms with Crippen molar-refractivity contribution >= 4 is 5.91 Å². The van der Waals surface area contributed by atoms with E-state index in [4.69, 9.17) is 4.42 Å². The number of hydrogen-bond acceptors (Lipinski definition) is 4. The standard InChI is InChI=1S/C19H18F3N3O3/c1-12-10-17(19(20,21)22)24-25(12)11-15-6-7-16(28-15)18(27)23-9-8-13-2-4-14(26)5-3-13/h2-7,10,26H,8-9,11H2,1H3,(H,23,27). The third kappa shape index (κ3) is 4.73. The number of halogens is 3. The number of alkyl halides is 3. The molecule has 6 nitrogen and oxygen atoms in total. The van der Waals surface area contributed by atoms with Crippen LogP contribution in [0.2, 0.25) is 0 Å². The maximum atomic E-state index is 12.7. The van der Waals surface area contributed by atoms with Crippen LogP contribution in [0.1, 0.15) is 33.3 Å². The van der Waals surface area contributed by atoms with E-state index in [2.05, 4.69) is 10.4 Å². The minimum atomic E-state index is -4.51. The van der Waals surface area contributed by atoms with Crippen LogP contribution in [0.4, 0.5) is 13.2 Å². The summed E-state index contributed by atoms with van der Waals surface area (Å²) in [4.78, 5) is 12.1. The summed E-state index contributed by atoms with van der Waals surface area (Å²) in [6, 6.07) is 10.6. The van der Waals surface area contributed by atoms with Gasteiger partial charge in [-0.2, -0.15) is 18.3 Å². The molecular weight excluding hydrogens is 375 g/mol. The Bertz CT molecular complexity index is 959. The van der Waals surface area contributed by atoms with Crippen LogP contribution in [-0.2, 0) is 19.1 Å². The molecular formula is C19H18F3N3O3. The van der Waals surface area contributed by atoms with E-state index >= 15 is 0 Å². The van der Waals surface area contributed by atoms with Gasteiger partial charge in [0.15, 0.2) is 11.5 Å². The van der Waals surface area contributed by atoms with Gasteiger partial charge in [-0.3, -0.25) is 9.48 Å². The van der Waals surface area contributed by atoms with Gasteiger partial charge in [0.2, 0.25) is 0 Å². The second-order valence-corrected chi connectivity index (χ2v) is 6.26. The van der Waals surface area contributed by atoms with Crippen molar-refractivity contribution in [3.63, 3.8) is 0 Å². The molecule has 3 rings (SSSR count). The van der Waals surface area contributed by atoms with Crippen LogP contribution < -0.4 is 5.32 Å². The smallest absolute Gasteiger partial charge is 0.435 e. The molecule has 28 heavy (non-hydrogen) atoms. The van der Waals surface area contributed by atoms with Crippen LogP contribution >= 0.6 is 0 Å². The molecule has 0 atom stereocenters. The first kappa shape index (κ1) is 19.5. The molecule has 0 aliphatic rings. The van der Waals surface area contributed by atoms with Crippen molar-refractivity contribution in [2.24, 2.45) is 0 Å². The molecule has 2 heterocycles. The molecule has 148 valence electrons. The summed E-state index contributed by atoms with van der Waals surface area (Å²) in [6.45, 7) is 1.87. The van der Waals surface area contributed by atoms with Crippen LogP contribution in [0.3, 0.4) is 0 Å². The first-order chi connectivity index (χ1) is 13.2. The molecule has 0 saturated carbocycles. The zero-order valence-electron chi connectivity index (χ0n) is 15.0. The summed E-state index contributed by atoms with van der Waals surface area (Å²) in [5, 5.41) is 15.5. The number of rotatable bonds is 6. The lowest BCUT2D eigenvalue weighted by Crippen LogP contribution is -2.25. The Labute approximate surface area is 158 Å². The SMILES string of the molecule is Cc1cc(C(F)(F)F)nn1Cc1ccc(C(=O)NCCc2ccc(O)cc2)o1. The lowest BCUT2D eigenvalue weighted by atomic mass is 10.1. The number of carbonyl (C=O) groups excluding carboxylic acids is 1. The molecule has 0 aliphatic heterocycles. The van der Waals surface area contributed by atoms with E-state index in [1.165, 1.54) is 23.7 Å². The van der Waals surface area contributed by atoms with E-state index in [0.29, 0.717) is 24.4 Å². The fourth-order valence-electron chi connectivity index (χ4n) is 2.61. The van der Waals surface area contributed by atoms with E-state index in [-0.39, 0.29) is 18.1 Å². The lowest BCUT2D eigenvalue weighted by molar-refractivity contribution is -0.141. The molecule has 2 aromatic heterocycles. The number of phenolic OH excluding ortho intramolecular Hbond substituents is 1. The molecule has 0 unspecified atom stereocenters. The van der Waals surface area contributed by atoms with Gasteiger partial charge >= 0.3 is 6.18 Å². The van der Waals surface area contributed by atoms with E-state index in [0.717, 1.165) is 11.6 Å². The molecule has 0 bridgehead atoms. The second kappa shape index (κ2) is 7.79. The molecule has 0 radical (unpaired) electrons. The van der Waals surface area contributed by atoms with Crippen LogP contribution in [0.5, 0.6) is 5.75 Å². The molecule has 1 amide bonds. The Morgan fingerprint density at radius 2 is 1.93 bits per heavy atom. The van der Waals surface area contributed by atoms with Crippen LogP contribution in [-0.4, -0.2) is 27.3 Å². The van der Waals surface area contributed by atoms with Crippen molar-refractivity contribution in [2.75, 3.05) is 6.54 Å². The van der Waals surface area contributed by atoms with Gasteiger partial charge in [0, 0.05) is 12.2 Å². The number of nitrogens with zero attached hydrogens (tertiary/aromatic N) is 2. The van der Waals surface area contributed by atoms with Crippen molar-refractivity contribution in [3.05, 3.63) is 70.9 Å². The predicted octanol–water partition coefficient (Wildman–Crippen LogP) is 3.53. The zero-order valence-corrected chi connectivity index (χ0v) is 15.0. The first-order valence-electron chi connectivity index (χ1n) is 8.49. The summed E-state index contributed by atoms with van der Waals surface area (Å²) < 4.78 is 44.8. The first-order valence-corrected chi connectivity index (χ1v) is 8.49. The number of aromatic hydroxyl groups is 1. The number of carbonyl (C=O) groups is 1. The average Bonchev–Trinajstić information content (AvgIpc) is 3.24. The fraction of sp³-hybridized carbons (Fsp3) is 0.263. The third-order valence-electron chi connectivity index (χ3n) is 4.10. The number of furan rings is 1. The predicted molar refractivity (Wildman–Crippen MR) is 93.9 cm³/mol. The number of amides is 1. The summed E-state index contributed by atoms with van der Waals surface area (Å²) >= 11 is 0. The average molecular weight is 393 g/mol. The highest BCUT2D eigenvalue weighted by atomic mass is 19.4. The van der Waals surface area contributed by atoms with Crippen molar-refractivity contribution in [1.82, 2.24) is 15.1 Å². The fourth-order valence-corrected chi connectivity index (χ4v) is 2.61. The zero-order chi connectivity index (χ0) is 20.3. The highest BCUT2D eigenvalue weighted by Gasteiger charge is 2.34. The van der Waals surface area contributed by atoms with Crippen molar-refractivity contribution in [3.8, 4) is 5.75 Å². The molecule has 2 N–H and O–H groups in total. The van der Waals surface area contributed by atoms with Crippen molar-refractivity contribution in [2.45, 2.75) is 26.1 Å².